The maximum absolute atomic E-state index is 16.3. The van der Waals surface area contributed by atoms with Crippen molar-refractivity contribution in [2.24, 2.45) is 29.6 Å². The van der Waals surface area contributed by atoms with Gasteiger partial charge in [0.1, 0.15) is 4.88 Å². The van der Waals surface area contributed by atoms with Crippen molar-refractivity contribution in [1.29, 1.82) is 0 Å². The number of carbonyl (C=O) groups excluding carboxylic acids is 5. The third kappa shape index (κ3) is 26.7. The summed E-state index contributed by atoms with van der Waals surface area (Å²) in [6.45, 7) is 32.1. The summed E-state index contributed by atoms with van der Waals surface area (Å²) in [7, 11) is 0. The van der Waals surface area contributed by atoms with Crippen LogP contribution < -0.4 is 0 Å². The highest BCUT2D eigenvalue weighted by atomic mass is 32.1. The predicted octanol–water partition coefficient (Wildman–Crippen LogP) is 39.1. The molecule has 718 valence electrons. The number of hydrogen-bond donors (Lipinski definition) is 0. The lowest BCUT2D eigenvalue weighted by atomic mass is 9.80. The molecule has 0 saturated carbocycles. The second-order valence-electron chi connectivity index (χ2n) is 39.0. The molecule has 0 aliphatic carbocycles. The van der Waals surface area contributed by atoms with E-state index >= 15 is 23.6 Å². The smallest absolute Gasteiger partial charge is 0.351 e. The molecule has 2 aliphatic rings. The Hall–Kier alpha value is -6.02. The molecule has 0 bridgehead atoms. The Morgan fingerprint density at radius 3 is 1.09 bits per heavy atom. The number of imide groups is 2. The summed E-state index contributed by atoms with van der Waals surface area (Å²) < 4.78 is 25.7. The molecule has 8 nitrogen and oxygen atoms in total. The third-order valence-corrected chi connectivity index (χ3v) is 37.7. The van der Waals surface area contributed by atoms with Crippen LogP contribution in [0.1, 0.15) is 432 Å². The monoisotopic (exact) mass is 1940 g/mol. The zero-order valence-corrected chi connectivity index (χ0v) is 89.5. The van der Waals surface area contributed by atoms with E-state index in [0.717, 1.165) is 129 Å². The number of thiophene rings is 8. The first-order chi connectivity index (χ1) is 64.2. The average molecular weight is 1940 g/mol. The van der Waals surface area contributed by atoms with Gasteiger partial charge >= 0.3 is 5.97 Å². The number of benzene rings is 3. The van der Waals surface area contributed by atoms with E-state index in [1.54, 1.807) is 43.8 Å². The largest absolute Gasteiger partial charge is 0.461 e. The first-order valence-corrected chi connectivity index (χ1v) is 58.9. The predicted molar refractivity (Wildman–Crippen MR) is 578 cm³/mol. The summed E-state index contributed by atoms with van der Waals surface area (Å²) in [4.78, 5) is 92.5. The van der Waals surface area contributed by atoms with Crippen molar-refractivity contribution in [3.63, 3.8) is 0 Å². The highest BCUT2D eigenvalue weighted by molar-refractivity contribution is 7.32. The van der Waals surface area contributed by atoms with E-state index in [2.05, 4.69) is 151 Å². The Morgan fingerprint density at radius 2 is 0.697 bits per heavy atom. The lowest BCUT2D eigenvalue weighted by Gasteiger charge is -2.36. The molecule has 132 heavy (non-hydrogen) atoms. The Morgan fingerprint density at radius 1 is 0.326 bits per heavy atom. The second kappa shape index (κ2) is 53.2. The molecule has 11 aromatic rings. The summed E-state index contributed by atoms with van der Waals surface area (Å²) in [5.74, 6) is 0.0110. The summed E-state index contributed by atoms with van der Waals surface area (Å²) in [5.41, 5.74) is 5.89. The molecular formula is C115H157FN2O6S8. The Balaban J connectivity index is 0.000000242. The SMILES string of the molecule is CCCCC(CC)COC(=O)c1sc2c(-c3cc4c(-c5ccc(CC(CC)CCCC)s5)c5sc(C)cc5c(-c5ccc(CC(CC)CCCC)s5)c4s3)sc(C)c2c1F.CCCCCCCCCCC(CCCCCCCC)CN1C(=O)c2cc(-c3ccc(C)s3)c3c4c(cc(-c5ccc(C)s5)c(c24)C1=O)C(=O)N(CC(CCCCCCCC)CCCCCCCCCC)C3=O. The quantitative estimate of drug-likeness (QED) is 0.0214. The fourth-order valence-corrected chi connectivity index (χ4v) is 29.8. The van der Waals surface area contributed by atoms with E-state index in [1.165, 1.54) is 272 Å². The highest BCUT2D eigenvalue weighted by Crippen LogP contribution is 2.57. The van der Waals surface area contributed by atoms with Crippen molar-refractivity contribution in [2.75, 3.05) is 19.7 Å². The van der Waals surface area contributed by atoms with Gasteiger partial charge in [-0.15, -0.1) is 90.7 Å². The van der Waals surface area contributed by atoms with Crippen LogP contribution in [0, 0.1) is 63.1 Å². The van der Waals surface area contributed by atoms with Crippen molar-refractivity contribution < 1.29 is 33.1 Å². The number of unbranched alkanes of at least 4 members (excludes halogenated alkanes) is 27. The number of rotatable bonds is 60. The van der Waals surface area contributed by atoms with Gasteiger partial charge in [0.05, 0.1) is 27.3 Å². The second-order valence-corrected chi connectivity index (χ2v) is 48.5. The number of fused-ring (bicyclic) bond motifs is 3. The molecule has 0 saturated heterocycles. The lowest BCUT2D eigenvalue weighted by Crippen LogP contribution is -2.46. The van der Waals surface area contributed by atoms with Crippen LogP contribution >= 0.6 is 90.7 Å². The van der Waals surface area contributed by atoms with Gasteiger partial charge in [-0.25, -0.2) is 9.18 Å². The van der Waals surface area contributed by atoms with Crippen LogP contribution in [0.4, 0.5) is 4.39 Å². The lowest BCUT2D eigenvalue weighted by molar-refractivity contribution is 0.0428. The summed E-state index contributed by atoms with van der Waals surface area (Å²) in [6.07, 6.45) is 54.9. The van der Waals surface area contributed by atoms with Gasteiger partial charge in [0.2, 0.25) is 0 Å². The molecule has 13 rings (SSSR count). The van der Waals surface area contributed by atoms with Crippen molar-refractivity contribution in [2.45, 2.75) is 392 Å². The van der Waals surface area contributed by atoms with E-state index in [0.29, 0.717) is 87.0 Å². The zero-order chi connectivity index (χ0) is 93.7. The van der Waals surface area contributed by atoms with Crippen LogP contribution in [0.25, 0.3) is 92.5 Å². The summed E-state index contributed by atoms with van der Waals surface area (Å²) in [5, 5.41) is 4.18. The minimum absolute atomic E-state index is 0.104. The third-order valence-electron chi connectivity index (χ3n) is 28.6. The van der Waals surface area contributed by atoms with Crippen LogP contribution in [-0.2, 0) is 17.6 Å². The average Bonchev–Trinajstić information content (AvgIpc) is 0.755. The van der Waals surface area contributed by atoms with Gasteiger partial charge in [-0.3, -0.25) is 29.0 Å². The number of ether oxygens (including phenoxy) is 1. The normalized spacial score (nSPS) is 14.1. The van der Waals surface area contributed by atoms with Gasteiger partial charge in [0, 0.05) is 136 Å². The van der Waals surface area contributed by atoms with Crippen LogP contribution in [0.2, 0.25) is 0 Å². The maximum Gasteiger partial charge on any atom is 0.351 e. The molecule has 4 amide bonds. The maximum atomic E-state index is 16.3. The minimum atomic E-state index is -0.530. The Bertz CT molecular complexity index is 5260. The molecule has 8 aromatic heterocycles. The van der Waals surface area contributed by atoms with E-state index < -0.39 is 11.8 Å². The van der Waals surface area contributed by atoms with Crippen molar-refractivity contribution >= 4 is 161 Å². The fraction of sp³-hybridized carbons (Fsp3) is 0.591. The number of hydrogen-bond acceptors (Lipinski definition) is 14. The number of halogens is 1. The molecule has 2 aliphatic heterocycles. The van der Waals surface area contributed by atoms with E-state index in [4.69, 9.17) is 4.74 Å². The van der Waals surface area contributed by atoms with Crippen LogP contribution in [0.5, 0.6) is 0 Å². The van der Waals surface area contributed by atoms with Gasteiger partial charge in [0.25, 0.3) is 23.6 Å². The molecule has 10 heterocycles. The number of carbonyl (C=O) groups is 5. The van der Waals surface area contributed by atoms with Crippen molar-refractivity contribution in [3.8, 4) is 51.5 Å². The number of amides is 4. The molecule has 5 unspecified atom stereocenters. The molecule has 17 heteroatoms. The first-order valence-electron chi connectivity index (χ1n) is 52.3. The van der Waals surface area contributed by atoms with E-state index in [-0.39, 0.29) is 40.3 Å². The zero-order valence-electron chi connectivity index (χ0n) is 83.0. The standard InChI is InChI=1S/C64H94N2O4S2.C51H63FO2S6/c1-7-11-15-19-23-25-29-33-37-49(35-31-27-21-17-13-9-3)45-65-61(67)53-43-52(56-42-40-48(6)72-56)60-58-54(44-51(55-41-39-47(5)71-55)59(57(53)58)63(65)69)62(68)66(64(60)70)46-50(36-32-28-22-18-14-10-4)38-34-30-26-24-20-16-12-8-2;1-9-15-18-32(12-4)26-35-21-23-39(57-35)43-37-25-30(7)55-46(37)44(40-24-22-36(58-40)27-33(13-5)19-16-10-2)38-28-41(59-47(38)43)48-49-42(31(8)56-48)45(52)50(60-49)51(53)54-29-34(14-6)20-17-11-3/h39-44,49-50H,7-38,45-46H2,1-6H3;21-25,28,32-34H,9-20,26-27,29H2,1-8H3. The summed E-state index contributed by atoms with van der Waals surface area (Å²) in [6, 6.07) is 26.5. The van der Waals surface area contributed by atoms with Gasteiger partial charge < -0.3 is 4.74 Å². The molecular weight excluding hydrogens is 1780 g/mol. The van der Waals surface area contributed by atoms with Crippen molar-refractivity contribution in [1.82, 2.24) is 9.80 Å². The van der Waals surface area contributed by atoms with Crippen molar-refractivity contribution in [3.05, 3.63) is 135 Å². The molecule has 5 atom stereocenters. The molecule has 0 N–H and O–H groups in total. The number of esters is 1. The molecule has 0 spiro atoms. The van der Waals surface area contributed by atoms with Crippen LogP contribution in [0.3, 0.4) is 0 Å². The van der Waals surface area contributed by atoms with Crippen LogP contribution in [-0.4, -0.2) is 59.1 Å². The van der Waals surface area contributed by atoms with Gasteiger partial charge in [0.15, 0.2) is 5.82 Å². The summed E-state index contributed by atoms with van der Waals surface area (Å²) >= 11 is 13.9. The van der Waals surface area contributed by atoms with E-state index in [1.807, 2.05) is 64.4 Å². The molecule has 0 fully saturated rings. The fourth-order valence-electron chi connectivity index (χ4n) is 20.6. The molecule has 3 aromatic carbocycles. The van der Waals surface area contributed by atoms with Gasteiger partial charge in [-0.1, -0.05) is 320 Å². The number of aryl methyl sites for hydroxylation is 4. The Kier molecular flexibility index (Phi) is 42.3. The minimum Gasteiger partial charge on any atom is -0.461 e. The molecule has 0 radical (unpaired) electrons. The highest BCUT2D eigenvalue weighted by Gasteiger charge is 2.45. The number of nitrogens with zero attached hydrogens (tertiary/aromatic N) is 2. The van der Waals surface area contributed by atoms with Crippen LogP contribution in [0.15, 0.2) is 72.8 Å². The van der Waals surface area contributed by atoms with Gasteiger partial charge in [-0.05, 0) is 175 Å². The topological polar surface area (TPSA) is 101 Å². The Labute approximate surface area is 825 Å². The van der Waals surface area contributed by atoms with Gasteiger partial charge in [-0.2, -0.15) is 0 Å². The first kappa shape index (κ1) is 105. The van der Waals surface area contributed by atoms with E-state index in [9.17, 15) is 4.79 Å².